The number of rotatable bonds is 6. The van der Waals surface area contributed by atoms with Gasteiger partial charge in [-0.3, -0.25) is 20.4 Å². The highest BCUT2D eigenvalue weighted by Gasteiger charge is 2.07. The molecular weight excluding hydrogens is 374 g/mol. The summed E-state index contributed by atoms with van der Waals surface area (Å²) < 4.78 is 5.43. The van der Waals surface area contributed by atoms with Gasteiger partial charge in [-0.2, -0.15) is 16.6 Å². The fraction of sp³-hybridized carbons (Fsp3) is 0.0952. The normalized spacial score (nSPS) is 9.96. The first-order chi connectivity index (χ1) is 13.6. The Morgan fingerprint density at radius 2 is 1.57 bits per heavy atom. The number of benzene rings is 2. The van der Waals surface area contributed by atoms with Gasteiger partial charge in [0.1, 0.15) is 5.75 Å². The number of nitrogens with zero attached hydrogens (tertiary/aromatic N) is 1. The van der Waals surface area contributed by atoms with Crippen molar-refractivity contribution < 1.29 is 14.3 Å². The summed E-state index contributed by atoms with van der Waals surface area (Å²) in [5, 5.41) is 12.6. The Balaban J connectivity index is 1.44. The molecule has 0 atom stereocenters. The van der Waals surface area contributed by atoms with Crippen LogP contribution >= 0.6 is 11.3 Å². The van der Waals surface area contributed by atoms with Crippen LogP contribution in [0.1, 0.15) is 11.1 Å². The lowest BCUT2D eigenvalue weighted by Gasteiger charge is -2.09. The van der Waals surface area contributed by atoms with Gasteiger partial charge in [-0.05, 0) is 57.8 Å². The van der Waals surface area contributed by atoms with Gasteiger partial charge in [-0.1, -0.05) is 24.3 Å². The van der Waals surface area contributed by atoms with Crippen LogP contribution in [0.2, 0.25) is 0 Å². The van der Waals surface area contributed by atoms with Crippen molar-refractivity contribution in [1.29, 1.82) is 5.26 Å². The molecule has 0 fully saturated rings. The van der Waals surface area contributed by atoms with Crippen LogP contribution < -0.4 is 15.6 Å². The molecule has 0 spiro atoms. The highest BCUT2D eigenvalue weighted by atomic mass is 32.1. The molecule has 0 radical (unpaired) electrons. The van der Waals surface area contributed by atoms with Crippen LogP contribution in [0.25, 0.3) is 11.1 Å². The second kappa shape index (κ2) is 9.35. The number of carbonyl (C=O) groups excluding carboxylic acids is 2. The molecule has 0 aliphatic carbocycles. The molecule has 0 saturated carbocycles. The Morgan fingerprint density at radius 1 is 0.929 bits per heavy atom. The van der Waals surface area contributed by atoms with Crippen molar-refractivity contribution >= 4 is 23.2 Å². The molecular formula is C21H17N3O3S. The molecule has 7 heteroatoms. The van der Waals surface area contributed by atoms with Gasteiger partial charge < -0.3 is 4.74 Å². The minimum atomic E-state index is -0.449. The van der Waals surface area contributed by atoms with Crippen LogP contribution in [0.15, 0.2) is 65.4 Å². The smallest absolute Gasteiger partial charge is 0.276 e. The zero-order chi connectivity index (χ0) is 19.8. The standard InChI is InChI=1S/C21H17N3O3S/c22-12-15-1-3-17(4-2-15)18-5-7-19(8-6-18)27-13-21(26)24-23-20(25)11-16-9-10-28-14-16/h1-10,14H,11,13H2,(H,23,25)(H,24,26). The van der Waals surface area contributed by atoms with Gasteiger partial charge in [0.25, 0.3) is 5.91 Å². The Labute approximate surface area is 166 Å². The third-order valence-corrected chi connectivity index (χ3v) is 4.59. The summed E-state index contributed by atoms with van der Waals surface area (Å²) in [5.41, 5.74) is 8.15. The van der Waals surface area contributed by atoms with Crippen LogP contribution in [0.4, 0.5) is 0 Å². The highest BCUT2D eigenvalue weighted by molar-refractivity contribution is 7.08. The number of carbonyl (C=O) groups is 2. The van der Waals surface area contributed by atoms with Crippen molar-refractivity contribution in [2.24, 2.45) is 0 Å². The molecule has 6 nitrogen and oxygen atoms in total. The lowest BCUT2D eigenvalue weighted by molar-refractivity contribution is -0.129. The molecule has 1 heterocycles. The van der Waals surface area contributed by atoms with Gasteiger partial charge in [0, 0.05) is 0 Å². The molecule has 0 aliphatic rings. The summed E-state index contributed by atoms with van der Waals surface area (Å²) >= 11 is 1.51. The van der Waals surface area contributed by atoms with E-state index in [9.17, 15) is 9.59 Å². The molecule has 0 bridgehead atoms. The van der Waals surface area contributed by atoms with E-state index in [1.165, 1.54) is 11.3 Å². The second-order valence-electron chi connectivity index (χ2n) is 5.91. The van der Waals surface area contributed by atoms with E-state index in [4.69, 9.17) is 10.00 Å². The van der Waals surface area contributed by atoms with Crippen molar-refractivity contribution in [1.82, 2.24) is 10.9 Å². The van der Waals surface area contributed by atoms with Gasteiger partial charge in [-0.25, -0.2) is 0 Å². The number of amides is 2. The second-order valence-corrected chi connectivity index (χ2v) is 6.69. The minimum absolute atomic E-state index is 0.210. The topological polar surface area (TPSA) is 91.2 Å². The lowest BCUT2D eigenvalue weighted by Crippen LogP contribution is -2.44. The molecule has 0 unspecified atom stereocenters. The summed E-state index contributed by atoms with van der Waals surface area (Å²) in [6, 6.07) is 18.5. The first-order valence-corrected chi connectivity index (χ1v) is 9.40. The fourth-order valence-electron chi connectivity index (χ4n) is 2.43. The predicted octanol–water partition coefficient (Wildman–Crippen LogP) is 3.06. The summed E-state index contributed by atoms with van der Waals surface area (Å²) in [7, 11) is 0. The van der Waals surface area contributed by atoms with Crippen molar-refractivity contribution in [3.8, 4) is 22.9 Å². The first kappa shape index (κ1) is 19.1. The lowest BCUT2D eigenvalue weighted by atomic mass is 10.0. The number of thiophene rings is 1. The van der Waals surface area contributed by atoms with Crippen LogP contribution in [0, 0.1) is 11.3 Å². The number of ether oxygens (including phenoxy) is 1. The number of nitrogens with one attached hydrogen (secondary N) is 2. The Hall–Kier alpha value is -3.63. The zero-order valence-corrected chi connectivity index (χ0v) is 15.7. The molecule has 2 amide bonds. The average Bonchev–Trinajstić information content (AvgIpc) is 3.24. The number of hydrogen-bond donors (Lipinski definition) is 2. The molecule has 0 saturated heterocycles. The maximum Gasteiger partial charge on any atom is 0.276 e. The number of hydrogen-bond acceptors (Lipinski definition) is 5. The van der Waals surface area contributed by atoms with Gasteiger partial charge in [0.05, 0.1) is 18.1 Å². The summed E-state index contributed by atoms with van der Waals surface area (Å²) in [6.45, 7) is -0.213. The first-order valence-electron chi connectivity index (χ1n) is 8.46. The quantitative estimate of drug-likeness (QED) is 0.632. The van der Waals surface area contributed by atoms with E-state index in [2.05, 4.69) is 16.9 Å². The minimum Gasteiger partial charge on any atom is -0.484 e. The summed E-state index contributed by atoms with van der Waals surface area (Å²) in [4.78, 5) is 23.5. The SMILES string of the molecule is N#Cc1ccc(-c2ccc(OCC(=O)NNC(=O)Cc3ccsc3)cc2)cc1. The van der Waals surface area contributed by atoms with Crippen molar-refractivity contribution in [2.45, 2.75) is 6.42 Å². The van der Waals surface area contributed by atoms with E-state index in [-0.39, 0.29) is 18.9 Å². The molecule has 2 N–H and O–H groups in total. The largest absolute Gasteiger partial charge is 0.484 e. The summed E-state index contributed by atoms with van der Waals surface area (Å²) in [5.74, 6) is -0.203. The van der Waals surface area contributed by atoms with E-state index in [0.717, 1.165) is 16.7 Å². The van der Waals surface area contributed by atoms with E-state index >= 15 is 0 Å². The molecule has 0 aliphatic heterocycles. The molecule has 140 valence electrons. The average molecular weight is 391 g/mol. The predicted molar refractivity (Wildman–Crippen MR) is 106 cm³/mol. The van der Waals surface area contributed by atoms with E-state index < -0.39 is 5.91 Å². The Bertz CT molecular complexity index is 975. The Kier molecular flexibility index (Phi) is 6.39. The van der Waals surface area contributed by atoms with Crippen LogP contribution in [0.5, 0.6) is 5.75 Å². The van der Waals surface area contributed by atoms with Crippen LogP contribution in [-0.4, -0.2) is 18.4 Å². The Morgan fingerprint density at radius 3 is 2.18 bits per heavy atom. The third kappa shape index (κ3) is 5.43. The number of hydrazine groups is 1. The molecule has 1 aromatic heterocycles. The van der Waals surface area contributed by atoms with Crippen molar-refractivity contribution in [2.75, 3.05) is 6.61 Å². The van der Waals surface area contributed by atoms with Crippen LogP contribution in [0.3, 0.4) is 0 Å². The van der Waals surface area contributed by atoms with Gasteiger partial charge in [-0.15, -0.1) is 0 Å². The molecule has 3 aromatic rings. The molecule has 3 rings (SSSR count). The van der Waals surface area contributed by atoms with Gasteiger partial charge in [0.15, 0.2) is 6.61 Å². The zero-order valence-electron chi connectivity index (χ0n) is 14.8. The fourth-order valence-corrected chi connectivity index (χ4v) is 3.10. The summed E-state index contributed by atoms with van der Waals surface area (Å²) in [6.07, 6.45) is 0.210. The van der Waals surface area contributed by atoms with Crippen molar-refractivity contribution in [3.63, 3.8) is 0 Å². The molecule has 2 aromatic carbocycles. The van der Waals surface area contributed by atoms with Crippen LogP contribution in [-0.2, 0) is 16.0 Å². The van der Waals surface area contributed by atoms with Gasteiger partial charge in [0.2, 0.25) is 5.91 Å². The van der Waals surface area contributed by atoms with E-state index in [0.29, 0.717) is 11.3 Å². The maximum atomic E-state index is 11.8. The third-order valence-electron chi connectivity index (χ3n) is 3.86. The highest BCUT2D eigenvalue weighted by Crippen LogP contribution is 2.22. The van der Waals surface area contributed by atoms with E-state index in [1.807, 2.05) is 41.1 Å². The molecule has 28 heavy (non-hydrogen) atoms. The van der Waals surface area contributed by atoms with E-state index in [1.54, 1.807) is 24.3 Å². The number of nitriles is 1. The monoisotopic (exact) mass is 391 g/mol. The van der Waals surface area contributed by atoms with Gasteiger partial charge >= 0.3 is 0 Å². The maximum absolute atomic E-state index is 11.8. The van der Waals surface area contributed by atoms with Crippen molar-refractivity contribution in [3.05, 3.63) is 76.5 Å².